The lowest BCUT2D eigenvalue weighted by molar-refractivity contribution is -0.120. The summed E-state index contributed by atoms with van der Waals surface area (Å²) in [4.78, 5) is 56.3. The third kappa shape index (κ3) is 6.08. The summed E-state index contributed by atoms with van der Waals surface area (Å²) in [6, 6.07) is 7.95. The van der Waals surface area contributed by atoms with Crippen LogP contribution in [-0.2, 0) is 22.7 Å². The molecule has 1 aromatic carbocycles. The third-order valence-corrected chi connectivity index (χ3v) is 7.61. The highest BCUT2D eigenvalue weighted by atomic mass is 35.5. The quantitative estimate of drug-likeness (QED) is 0.218. The van der Waals surface area contributed by atoms with Crippen LogP contribution in [0.25, 0.3) is 11.0 Å². The number of anilines is 2. The van der Waals surface area contributed by atoms with Crippen molar-refractivity contribution in [2.75, 3.05) is 10.3 Å². The van der Waals surface area contributed by atoms with E-state index in [0.717, 1.165) is 30.7 Å². The number of hydrogen-bond acceptors (Lipinski definition) is 7. The van der Waals surface area contributed by atoms with Crippen LogP contribution in [-0.4, -0.2) is 25.9 Å². The first-order chi connectivity index (χ1) is 19.1. The van der Waals surface area contributed by atoms with Crippen molar-refractivity contribution in [2.24, 2.45) is 23.6 Å². The smallest absolute Gasteiger partial charge is 0.325 e. The van der Waals surface area contributed by atoms with E-state index in [4.69, 9.17) is 22.7 Å². The molecule has 40 heavy (non-hydrogen) atoms. The SMILES string of the molecule is CC(CC(=O)Nc1cnc2c(c1)c(=O)n(CC1CC1)c(=O)n2CC1CC1)CC(=O)N(N)c1ccc(C#N)c(Cl)c1. The summed E-state index contributed by atoms with van der Waals surface area (Å²) in [7, 11) is 0. The number of carbonyl (C=O) groups is 2. The normalized spacial score (nSPS) is 15.4. The molecule has 2 amide bonds. The summed E-state index contributed by atoms with van der Waals surface area (Å²) in [5.41, 5.74) is 0.559. The number of fused-ring (bicyclic) bond motifs is 1. The first kappa shape index (κ1) is 27.6. The molecule has 2 aliphatic rings. The van der Waals surface area contributed by atoms with Crippen LogP contribution in [0.1, 0.15) is 51.0 Å². The van der Waals surface area contributed by atoms with Crippen molar-refractivity contribution in [2.45, 2.75) is 58.5 Å². The highest BCUT2D eigenvalue weighted by Crippen LogP contribution is 2.32. The van der Waals surface area contributed by atoms with E-state index in [1.807, 2.05) is 6.07 Å². The van der Waals surface area contributed by atoms with Crippen molar-refractivity contribution >= 4 is 45.8 Å². The van der Waals surface area contributed by atoms with Gasteiger partial charge in [0.2, 0.25) is 11.8 Å². The molecule has 3 aromatic rings. The molecule has 2 fully saturated rings. The van der Waals surface area contributed by atoms with Crippen molar-refractivity contribution in [3.8, 4) is 6.07 Å². The van der Waals surface area contributed by atoms with Gasteiger partial charge in [0.25, 0.3) is 5.56 Å². The predicted octanol–water partition coefficient (Wildman–Crippen LogP) is 3.16. The maximum atomic E-state index is 13.3. The maximum absolute atomic E-state index is 13.3. The van der Waals surface area contributed by atoms with Gasteiger partial charge >= 0.3 is 5.69 Å². The molecule has 0 spiro atoms. The van der Waals surface area contributed by atoms with Crippen LogP contribution >= 0.6 is 11.6 Å². The monoisotopic (exact) mass is 563 g/mol. The van der Waals surface area contributed by atoms with E-state index in [1.54, 1.807) is 17.6 Å². The van der Waals surface area contributed by atoms with E-state index in [2.05, 4.69) is 10.3 Å². The van der Waals surface area contributed by atoms with Crippen LogP contribution < -0.4 is 27.4 Å². The number of amides is 2. The first-order valence-electron chi connectivity index (χ1n) is 13.3. The largest absolute Gasteiger partial charge is 0.332 e. The van der Waals surface area contributed by atoms with Gasteiger partial charge < -0.3 is 5.32 Å². The summed E-state index contributed by atoms with van der Waals surface area (Å²) in [5.74, 6) is 5.59. The van der Waals surface area contributed by atoms with Gasteiger partial charge in [0.05, 0.1) is 33.5 Å². The van der Waals surface area contributed by atoms with Crippen LogP contribution in [0.15, 0.2) is 40.1 Å². The minimum atomic E-state index is -0.418. The van der Waals surface area contributed by atoms with E-state index in [0.29, 0.717) is 47.3 Å². The van der Waals surface area contributed by atoms with Crippen LogP contribution in [0.2, 0.25) is 5.02 Å². The number of nitrogens with two attached hydrogens (primary N) is 1. The zero-order valence-corrected chi connectivity index (χ0v) is 22.9. The van der Waals surface area contributed by atoms with Gasteiger partial charge in [-0.15, -0.1) is 0 Å². The van der Waals surface area contributed by atoms with Crippen LogP contribution in [0.3, 0.4) is 0 Å². The molecule has 1 unspecified atom stereocenters. The van der Waals surface area contributed by atoms with Crippen LogP contribution in [0, 0.1) is 29.1 Å². The zero-order chi connectivity index (χ0) is 28.6. The van der Waals surface area contributed by atoms with E-state index in [9.17, 15) is 19.2 Å². The predicted molar refractivity (Wildman–Crippen MR) is 151 cm³/mol. The fourth-order valence-electron chi connectivity index (χ4n) is 4.70. The Morgan fingerprint density at radius 2 is 1.82 bits per heavy atom. The van der Waals surface area contributed by atoms with Gasteiger partial charge in [-0.25, -0.2) is 20.6 Å². The number of nitriles is 1. The molecule has 2 aliphatic carbocycles. The van der Waals surface area contributed by atoms with Crippen LogP contribution in [0.5, 0.6) is 0 Å². The second-order valence-electron chi connectivity index (χ2n) is 10.9. The molecule has 5 rings (SSSR count). The molecule has 0 radical (unpaired) electrons. The average Bonchev–Trinajstić information content (AvgIpc) is 3.85. The van der Waals surface area contributed by atoms with E-state index in [-0.39, 0.29) is 40.9 Å². The van der Waals surface area contributed by atoms with Crippen molar-refractivity contribution < 1.29 is 9.59 Å². The van der Waals surface area contributed by atoms with Gasteiger partial charge in [-0.2, -0.15) is 5.26 Å². The van der Waals surface area contributed by atoms with Gasteiger partial charge in [0.1, 0.15) is 11.7 Å². The average molecular weight is 564 g/mol. The van der Waals surface area contributed by atoms with Crippen molar-refractivity contribution in [1.29, 1.82) is 5.26 Å². The number of pyridine rings is 1. The number of nitrogens with zero attached hydrogens (tertiary/aromatic N) is 5. The molecule has 208 valence electrons. The molecular formula is C28H30ClN7O4. The summed E-state index contributed by atoms with van der Waals surface area (Å²) >= 11 is 6.04. The van der Waals surface area contributed by atoms with Gasteiger partial charge in [0.15, 0.2) is 0 Å². The number of carbonyl (C=O) groups excluding carboxylic acids is 2. The lowest BCUT2D eigenvalue weighted by Crippen LogP contribution is -2.41. The van der Waals surface area contributed by atoms with Crippen LogP contribution in [0.4, 0.5) is 11.4 Å². The Kier molecular flexibility index (Phi) is 7.74. The molecule has 2 heterocycles. The Morgan fingerprint density at radius 3 is 2.45 bits per heavy atom. The standard InChI is InChI=1S/C28H30ClN7O4/c1-16(9-25(38)36(31)21-7-6-19(12-30)23(29)11-21)8-24(37)33-20-10-22-26(32-13-20)34(14-17-2-3-17)28(40)35(27(22)39)15-18-4-5-18/h6-7,10-11,13,16-18H,2-5,8-9,14-15,31H2,1H3,(H,33,37). The molecule has 0 bridgehead atoms. The molecule has 2 aromatic heterocycles. The molecule has 0 saturated heterocycles. The molecule has 12 heteroatoms. The summed E-state index contributed by atoms with van der Waals surface area (Å²) in [6.07, 6.45) is 5.58. The second kappa shape index (κ2) is 11.2. The number of halogens is 1. The Balaban J connectivity index is 1.27. The Morgan fingerprint density at radius 1 is 1.15 bits per heavy atom. The summed E-state index contributed by atoms with van der Waals surface area (Å²) in [6.45, 7) is 2.67. The van der Waals surface area contributed by atoms with Crippen molar-refractivity contribution in [3.05, 3.63) is 61.9 Å². The van der Waals surface area contributed by atoms with E-state index < -0.39 is 11.5 Å². The minimum Gasteiger partial charge on any atom is -0.325 e. The fraction of sp³-hybridized carbons (Fsp3) is 0.429. The highest BCUT2D eigenvalue weighted by Gasteiger charge is 2.28. The van der Waals surface area contributed by atoms with Gasteiger partial charge in [-0.3, -0.25) is 23.5 Å². The maximum Gasteiger partial charge on any atom is 0.332 e. The van der Waals surface area contributed by atoms with Crippen molar-refractivity contribution in [3.63, 3.8) is 0 Å². The lowest BCUT2D eigenvalue weighted by atomic mass is 10.0. The lowest BCUT2D eigenvalue weighted by Gasteiger charge is -2.19. The Labute approximate surface area is 235 Å². The second-order valence-corrected chi connectivity index (χ2v) is 11.3. The molecule has 2 saturated carbocycles. The Bertz CT molecular complexity index is 1650. The summed E-state index contributed by atoms with van der Waals surface area (Å²) in [5, 5.41) is 13.2. The third-order valence-electron chi connectivity index (χ3n) is 7.30. The number of hydrogen-bond donors (Lipinski definition) is 2. The van der Waals surface area contributed by atoms with Gasteiger partial charge in [-0.05, 0) is 67.7 Å². The van der Waals surface area contributed by atoms with Gasteiger partial charge in [0, 0.05) is 25.9 Å². The van der Waals surface area contributed by atoms with Gasteiger partial charge in [-0.1, -0.05) is 18.5 Å². The number of aromatic nitrogens is 3. The molecule has 11 nitrogen and oxygen atoms in total. The molecular weight excluding hydrogens is 534 g/mol. The van der Waals surface area contributed by atoms with E-state index in [1.165, 1.54) is 29.0 Å². The number of nitrogens with one attached hydrogen (secondary N) is 1. The Hall–Kier alpha value is -4.01. The zero-order valence-electron chi connectivity index (χ0n) is 22.1. The minimum absolute atomic E-state index is 0.00315. The van der Waals surface area contributed by atoms with Crippen molar-refractivity contribution in [1.82, 2.24) is 14.1 Å². The highest BCUT2D eigenvalue weighted by molar-refractivity contribution is 6.32. The molecule has 3 N–H and O–H groups in total. The first-order valence-corrected chi connectivity index (χ1v) is 13.7. The fourth-order valence-corrected chi connectivity index (χ4v) is 4.91. The molecule has 1 atom stereocenters. The van der Waals surface area contributed by atoms with E-state index >= 15 is 0 Å². The number of rotatable bonds is 10. The summed E-state index contributed by atoms with van der Waals surface area (Å²) < 4.78 is 2.90. The molecule has 0 aliphatic heterocycles. The number of hydrazine groups is 1. The topological polar surface area (TPSA) is 156 Å². The number of benzene rings is 1.